The standard InChI is InChI=1S/C45H60FN9O5S/c1-27(37(48)53-40-51-33-11-5-10-32(46)36(33)61-40)29-9-6-16-55(38(29)49)34-13-12-30(35(52-34)39(58)59)31(21-47)28(2)50-26-43-22-41(3)24-44(25-42(4,23-43)45(41,43)44)60-20-17-54(14-7-18-56)15-8-19-57/h5,10-13,21,49,52,56-59H,6-9,14-20,22-26,47H2,1-4H3,(H2,48,51,53). The topological polar surface area (TPSA) is 222 Å². The van der Waals surface area contributed by atoms with Gasteiger partial charge in [-0.2, -0.15) is 0 Å². The van der Waals surface area contributed by atoms with Crippen LogP contribution < -0.4 is 16.8 Å². The molecule has 2 aromatic rings. The summed E-state index contributed by atoms with van der Waals surface area (Å²) in [5.74, 6) is -0.417. The molecule has 3 heterocycles. The lowest BCUT2D eigenvalue weighted by atomic mass is 9.03. The number of aromatic nitrogens is 1. The van der Waals surface area contributed by atoms with E-state index >= 15 is 0 Å². The number of nitrogens with two attached hydrogens (primary N) is 2. The number of hydrogen-bond donors (Lipinski definition) is 8. The number of halogens is 1. The molecule has 10 N–H and O–H groups in total. The lowest BCUT2D eigenvalue weighted by Crippen LogP contribution is -3.01. The number of aliphatic hydroxyl groups excluding tert-OH is 3. The van der Waals surface area contributed by atoms with Crippen molar-refractivity contribution in [3.63, 3.8) is 0 Å². The fraction of sp³-hybridized carbons (Fsp3) is 0.556. The Bertz CT molecular complexity index is 2310. The number of nitrogens with zero attached hydrogens (tertiary/aromatic N) is 5. The van der Waals surface area contributed by atoms with Crippen LogP contribution in [-0.4, -0.2) is 111 Å². The summed E-state index contributed by atoms with van der Waals surface area (Å²) >= 11 is 1.11. The number of likely N-dealkylation sites (tertiary alicyclic amines) is 1. The van der Waals surface area contributed by atoms with Gasteiger partial charge in [0.05, 0.1) is 22.4 Å². The summed E-state index contributed by atoms with van der Waals surface area (Å²) in [6, 6.07) is 4.70. The zero-order valence-corrected chi connectivity index (χ0v) is 36.5. The molecule has 14 nitrogen and oxygen atoms in total. The number of allylic oxidation sites excluding steroid dienone is 3. The molecule has 0 bridgehead atoms. The molecule has 328 valence electrons. The molecule has 0 amide bonds. The van der Waals surface area contributed by atoms with Gasteiger partial charge < -0.3 is 51.7 Å². The largest absolute Gasteiger partial charge is 0.480 e. The third kappa shape index (κ3) is 6.54. The van der Waals surface area contributed by atoms with Crippen LogP contribution in [-0.2, 0) is 4.74 Å². The lowest BCUT2D eigenvalue weighted by Gasteiger charge is -3.02. The van der Waals surface area contributed by atoms with Crippen LogP contribution in [0.2, 0.25) is 0 Å². The molecule has 16 heteroatoms. The number of aliphatic hydroxyl groups is 4. The molecule has 6 aliphatic rings. The van der Waals surface area contributed by atoms with Crippen molar-refractivity contribution >= 4 is 44.1 Å². The van der Waals surface area contributed by atoms with E-state index in [-0.39, 0.29) is 63.7 Å². The van der Waals surface area contributed by atoms with Gasteiger partial charge in [-0.1, -0.05) is 31.3 Å². The number of thiazole rings is 1. The van der Waals surface area contributed by atoms with Crippen LogP contribution >= 0.6 is 11.3 Å². The molecule has 5 fully saturated rings. The summed E-state index contributed by atoms with van der Waals surface area (Å²) in [7, 11) is 0. The molecule has 1 aromatic heterocycles. The average molecular weight is 858 g/mol. The molecule has 4 saturated carbocycles. The van der Waals surface area contributed by atoms with Crippen molar-refractivity contribution in [2.24, 2.45) is 43.1 Å². The van der Waals surface area contributed by atoms with E-state index in [1.165, 1.54) is 12.3 Å². The number of benzene rings is 1. The van der Waals surface area contributed by atoms with E-state index in [2.05, 4.69) is 34.0 Å². The molecule has 2 aliphatic heterocycles. The Hall–Kier alpha value is -4.61. The Balaban J connectivity index is 0.979. The normalized spacial score (nSPS) is 31.6. The maximum Gasteiger partial charge on any atom is 0.299 e. The van der Waals surface area contributed by atoms with E-state index in [1.807, 2.05) is 6.92 Å². The van der Waals surface area contributed by atoms with E-state index in [0.29, 0.717) is 94.6 Å². The van der Waals surface area contributed by atoms with E-state index < -0.39 is 5.95 Å². The van der Waals surface area contributed by atoms with E-state index in [9.17, 15) is 30.2 Å². The quantitative estimate of drug-likeness (QED) is 0.0509. The fourth-order valence-electron chi connectivity index (χ4n) is 13.5. The van der Waals surface area contributed by atoms with Gasteiger partial charge in [0, 0.05) is 85.4 Å². The summed E-state index contributed by atoms with van der Waals surface area (Å²) in [5.41, 5.74) is 16.6. The van der Waals surface area contributed by atoms with Crippen molar-refractivity contribution in [3.05, 3.63) is 82.1 Å². The summed E-state index contributed by atoms with van der Waals surface area (Å²) in [6.45, 7) is 12.9. The minimum Gasteiger partial charge on any atom is -0.480 e. The molecule has 4 aliphatic carbocycles. The molecule has 1 spiro atoms. The second kappa shape index (κ2) is 15.9. The van der Waals surface area contributed by atoms with Gasteiger partial charge in [0.1, 0.15) is 29.0 Å². The van der Waals surface area contributed by atoms with Gasteiger partial charge >= 0.3 is 0 Å². The number of hydrogen-bond acceptors (Lipinski definition) is 13. The first-order valence-corrected chi connectivity index (χ1v) is 22.2. The highest BCUT2D eigenvalue weighted by Crippen LogP contribution is 3.03. The van der Waals surface area contributed by atoms with Crippen LogP contribution in [0.25, 0.3) is 10.2 Å². The van der Waals surface area contributed by atoms with Gasteiger partial charge in [-0.25, -0.2) is 14.4 Å². The van der Waals surface area contributed by atoms with Crippen molar-refractivity contribution in [3.8, 4) is 0 Å². The average Bonchev–Trinajstić information content (AvgIpc) is 3.63. The fourth-order valence-corrected chi connectivity index (χ4v) is 14.3. The van der Waals surface area contributed by atoms with Crippen LogP contribution in [0.1, 0.15) is 79.1 Å². The number of fused-ring (bicyclic) bond motifs is 1. The van der Waals surface area contributed by atoms with Gasteiger partial charge in [-0.05, 0) is 106 Å². The first-order chi connectivity index (χ1) is 29.1. The molecule has 1 aromatic carbocycles. The molecule has 61 heavy (non-hydrogen) atoms. The molecular formula is C45H60FN9O5S. The predicted molar refractivity (Wildman–Crippen MR) is 237 cm³/mol. The SMILES string of the molecule is CC(=NCC12CC3(C)CC4(OCCN(CCCO)CCCO)CC(C)(C1)C324)C(=CN)C1=CC=C(N2CCCC(=C(C)C(N)=Nc3nc4cccc(F)c4s3)C2=N)NC1=C(O)O. The number of piperidine rings is 1. The highest BCUT2D eigenvalue weighted by atomic mass is 32.1. The lowest BCUT2D eigenvalue weighted by molar-refractivity contribution is -0.565. The number of amidine groups is 2. The summed E-state index contributed by atoms with van der Waals surface area (Å²) in [4.78, 5) is 18.1. The number of dihydropyridines is 1. The third-order valence-electron chi connectivity index (χ3n) is 14.8. The first-order valence-electron chi connectivity index (χ1n) is 21.4. The second-order valence-electron chi connectivity index (χ2n) is 18.4. The van der Waals surface area contributed by atoms with Crippen LogP contribution in [0.4, 0.5) is 9.52 Å². The van der Waals surface area contributed by atoms with E-state index in [1.54, 1.807) is 36.1 Å². The van der Waals surface area contributed by atoms with Gasteiger partial charge in [-0.3, -0.25) is 10.4 Å². The monoisotopic (exact) mass is 857 g/mol. The number of nitrogens with one attached hydrogen (secondary N) is 2. The number of rotatable bonds is 17. The van der Waals surface area contributed by atoms with Crippen LogP contribution in [0.3, 0.4) is 0 Å². The van der Waals surface area contributed by atoms with Crippen molar-refractivity contribution in [2.75, 3.05) is 52.5 Å². The van der Waals surface area contributed by atoms with Crippen molar-refractivity contribution in [1.29, 1.82) is 5.41 Å². The Morgan fingerprint density at radius 1 is 1.08 bits per heavy atom. The highest BCUT2D eigenvalue weighted by Gasteiger charge is 3.02. The number of ether oxygens (including phenoxy) is 1. The maximum atomic E-state index is 14.3. The molecule has 1 saturated heterocycles. The molecule has 8 rings (SSSR count). The molecule has 2 unspecified atom stereocenters. The van der Waals surface area contributed by atoms with Gasteiger partial charge in [0.25, 0.3) is 5.95 Å². The second-order valence-corrected chi connectivity index (χ2v) is 19.4. The Labute approximate surface area is 360 Å². The van der Waals surface area contributed by atoms with Crippen molar-refractivity contribution < 1.29 is 29.6 Å². The van der Waals surface area contributed by atoms with Crippen molar-refractivity contribution in [2.45, 2.75) is 84.7 Å². The Kier molecular flexibility index (Phi) is 11.3. The van der Waals surface area contributed by atoms with Gasteiger partial charge in [0.15, 0.2) is 0 Å². The van der Waals surface area contributed by atoms with Crippen molar-refractivity contribution in [1.82, 2.24) is 20.1 Å². The van der Waals surface area contributed by atoms with E-state index in [0.717, 1.165) is 56.7 Å². The third-order valence-corrected chi connectivity index (χ3v) is 15.8. The van der Waals surface area contributed by atoms with Gasteiger partial charge in [-0.15, -0.1) is 0 Å². The summed E-state index contributed by atoms with van der Waals surface area (Å²) < 4.78 is 21.6. The molecule has 0 radical (unpaired) electrons. The van der Waals surface area contributed by atoms with E-state index in [4.69, 9.17) is 21.2 Å². The zero-order chi connectivity index (χ0) is 43.5. The minimum absolute atomic E-state index is 0.0177. The van der Waals surface area contributed by atoms with Crippen LogP contribution in [0.15, 0.2) is 86.3 Å². The Morgan fingerprint density at radius 3 is 2.41 bits per heavy atom. The minimum atomic E-state index is -0.915. The van der Waals surface area contributed by atoms with Crippen LogP contribution in [0.5, 0.6) is 0 Å². The van der Waals surface area contributed by atoms with Gasteiger partial charge in [0.2, 0.25) is 5.13 Å². The highest BCUT2D eigenvalue weighted by molar-refractivity contribution is 7.22. The zero-order valence-electron chi connectivity index (χ0n) is 35.7. The maximum absolute atomic E-state index is 14.3. The predicted octanol–water partition coefficient (Wildman–Crippen LogP) is 6.20. The molecule has 2 atom stereocenters. The number of aliphatic imine (C=N–C) groups is 2. The van der Waals surface area contributed by atoms with Crippen LogP contribution in [0, 0.1) is 32.9 Å². The molecular weight excluding hydrogens is 798 g/mol. The summed E-state index contributed by atoms with van der Waals surface area (Å²) in [6.07, 6.45) is 12.0. The smallest absolute Gasteiger partial charge is 0.299 e. The summed E-state index contributed by atoms with van der Waals surface area (Å²) in [5, 5.41) is 52.7. The Morgan fingerprint density at radius 2 is 1.79 bits per heavy atom. The first kappa shape index (κ1) is 43.1.